The monoisotopic (exact) mass is 248 g/mol. The highest BCUT2D eigenvalue weighted by atomic mass is 16.1. The van der Waals surface area contributed by atoms with E-state index in [1.807, 2.05) is 13.0 Å². The molecule has 0 radical (unpaired) electrons. The van der Waals surface area contributed by atoms with E-state index < -0.39 is 0 Å². The molecule has 0 spiro atoms. The predicted octanol–water partition coefficient (Wildman–Crippen LogP) is 1.68. The number of carbonyl (C=O) groups is 1. The van der Waals surface area contributed by atoms with Gasteiger partial charge in [0.1, 0.15) is 11.6 Å². The average Bonchev–Trinajstić information content (AvgIpc) is 3.21. The summed E-state index contributed by atoms with van der Waals surface area (Å²) in [6.07, 6.45) is 5.62. The van der Waals surface area contributed by atoms with Crippen molar-refractivity contribution >= 4 is 11.7 Å². The number of rotatable bonds is 7. The average molecular weight is 248 g/mol. The topological polar surface area (TPSA) is 66.9 Å². The van der Waals surface area contributed by atoms with Gasteiger partial charge >= 0.3 is 0 Å². The van der Waals surface area contributed by atoms with Gasteiger partial charge in [-0.1, -0.05) is 6.92 Å². The Hall–Kier alpha value is -1.65. The van der Waals surface area contributed by atoms with Gasteiger partial charge in [-0.05, 0) is 25.3 Å². The second-order valence-corrected chi connectivity index (χ2v) is 4.60. The number of aromatic nitrogens is 2. The smallest absolute Gasteiger partial charge is 0.221 e. The Morgan fingerprint density at radius 1 is 1.44 bits per heavy atom. The summed E-state index contributed by atoms with van der Waals surface area (Å²) < 4.78 is 0. The van der Waals surface area contributed by atoms with E-state index in [-0.39, 0.29) is 5.91 Å². The first-order valence-corrected chi connectivity index (χ1v) is 6.63. The van der Waals surface area contributed by atoms with Crippen molar-refractivity contribution in [3.63, 3.8) is 0 Å². The zero-order valence-corrected chi connectivity index (χ0v) is 10.8. The van der Waals surface area contributed by atoms with Gasteiger partial charge in [0.25, 0.3) is 0 Å². The van der Waals surface area contributed by atoms with Gasteiger partial charge in [-0.25, -0.2) is 9.97 Å². The lowest BCUT2D eigenvalue weighted by molar-refractivity contribution is -0.120. The van der Waals surface area contributed by atoms with Crippen molar-refractivity contribution in [1.82, 2.24) is 15.3 Å². The second kappa shape index (κ2) is 6.33. The van der Waals surface area contributed by atoms with Gasteiger partial charge in [-0.2, -0.15) is 0 Å². The molecule has 1 aliphatic rings. The maximum absolute atomic E-state index is 11.4. The molecule has 0 aliphatic heterocycles. The summed E-state index contributed by atoms with van der Waals surface area (Å²) >= 11 is 0. The van der Waals surface area contributed by atoms with Crippen LogP contribution in [0.2, 0.25) is 0 Å². The molecule has 1 aromatic rings. The first kappa shape index (κ1) is 12.8. The minimum atomic E-state index is 0.0841. The van der Waals surface area contributed by atoms with Gasteiger partial charge in [0.05, 0.1) is 0 Å². The summed E-state index contributed by atoms with van der Waals surface area (Å²) in [5.74, 6) is 2.38. The molecule has 18 heavy (non-hydrogen) atoms. The van der Waals surface area contributed by atoms with Gasteiger partial charge in [0.15, 0.2) is 0 Å². The van der Waals surface area contributed by atoms with E-state index in [9.17, 15) is 4.79 Å². The predicted molar refractivity (Wildman–Crippen MR) is 70.4 cm³/mol. The maximum Gasteiger partial charge on any atom is 0.221 e. The summed E-state index contributed by atoms with van der Waals surface area (Å²) in [5, 5.41) is 6.01. The van der Waals surface area contributed by atoms with E-state index in [1.54, 1.807) is 6.20 Å². The Labute approximate surface area is 107 Å². The van der Waals surface area contributed by atoms with E-state index >= 15 is 0 Å². The number of carbonyl (C=O) groups excluding carboxylic acids is 1. The molecule has 0 bridgehead atoms. The first-order valence-electron chi connectivity index (χ1n) is 6.63. The quantitative estimate of drug-likeness (QED) is 0.770. The first-order chi connectivity index (χ1) is 8.79. The normalized spacial score (nSPS) is 14.3. The number of amides is 1. The molecule has 2 rings (SSSR count). The molecular formula is C13H20N4O. The SMILES string of the molecule is CCCNC(=O)CCNc1ccnc(C2CC2)n1. The van der Waals surface area contributed by atoms with Crippen LogP contribution in [0.25, 0.3) is 0 Å². The molecule has 0 unspecified atom stereocenters. The van der Waals surface area contributed by atoms with Crippen LogP contribution in [-0.2, 0) is 4.79 Å². The number of hydrogen-bond donors (Lipinski definition) is 2. The molecule has 1 saturated carbocycles. The summed E-state index contributed by atoms with van der Waals surface area (Å²) in [6.45, 7) is 3.40. The van der Waals surface area contributed by atoms with E-state index in [4.69, 9.17) is 0 Å². The summed E-state index contributed by atoms with van der Waals surface area (Å²) in [4.78, 5) is 20.1. The molecule has 1 heterocycles. The Balaban J connectivity index is 1.72. The van der Waals surface area contributed by atoms with Crippen molar-refractivity contribution in [2.75, 3.05) is 18.4 Å². The standard InChI is InChI=1S/C13H20N4O/c1-2-7-15-12(18)6-9-14-11-5-8-16-13(17-11)10-3-4-10/h5,8,10H,2-4,6-7,9H2,1H3,(H,15,18)(H,14,16,17). The molecule has 1 aromatic heterocycles. The lowest BCUT2D eigenvalue weighted by Gasteiger charge is -2.07. The molecule has 5 heteroatoms. The Bertz CT molecular complexity index is 404. The molecule has 2 N–H and O–H groups in total. The summed E-state index contributed by atoms with van der Waals surface area (Å²) in [7, 11) is 0. The number of nitrogens with one attached hydrogen (secondary N) is 2. The molecule has 1 fully saturated rings. The minimum Gasteiger partial charge on any atom is -0.369 e. The molecule has 0 atom stereocenters. The van der Waals surface area contributed by atoms with Crippen LogP contribution in [-0.4, -0.2) is 29.0 Å². The molecule has 5 nitrogen and oxygen atoms in total. The molecule has 0 saturated heterocycles. The minimum absolute atomic E-state index is 0.0841. The van der Waals surface area contributed by atoms with Crippen molar-refractivity contribution in [3.05, 3.63) is 18.1 Å². The summed E-state index contributed by atoms with van der Waals surface area (Å²) in [5.41, 5.74) is 0. The van der Waals surface area contributed by atoms with Crippen LogP contribution in [0.15, 0.2) is 12.3 Å². The van der Waals surface area contributed by atoms with E-state index in [1.165, 1.54) is 12.8 Å². The van der Waals surface area contributed by atoms with Crippen LogP contribution in [0.1, 0.15) is 44.3 Å². The highest BCUT2D eigenvalue weighted by molar-refractivity contribution is 5.76. The van der Waals surface area contributed by atoms with Crippen LogP contribution in [0.3, 0.4) is 0 Å². The third-order valence-corrected chi connectivity index (χ3v) is 2.85. The summed E-state index contributed by atoms with van der Waals surface area (Å²) in [6, 6.07) is 1.84. The second-order valence-electron chi connectivity index (χ2n) is 4.60. The largest absolute Gasteiger partial charge is 0.369 e. The number of hydrogen-bond acceptors (Lipinski definition) is 4. The van der Waals surface area contributed by atoms with Crippen molar-refractivity contribution in [2.24, 2.45) is 0 Å². The van der Waals surface area contributed by atoms with Crippen LogP contribution in [0.5, 0.6) is 0 Å². The zero-order valence-electron chi connectivity index (χ0n) is 10.8. The third kappa shape index (κ3) is 3.98. The molecular weight excluding hydrogens is 228 g/mol. The highest BCUT2D eigenvalue weighted by Gasteiger charge is 2.26. The van der Waals surface area contributed by atoms with Crippen LogP contribution in [0, 0.1) is 0 Å². The Kier molecular flexibility index (Phi) is 4.50. The van der Waals surface area contributed by atoms with Gasteiger partial charge in [-0.3, -0.25) is 4.79 Å². The third-order valence-electron chi connectivity index (χ3n) is 2.85. The van der Waals surface area contributed by atoms with Crippen LogP contribution in [0.4, 0.5) is 5.82 Å². The van der Waals surface area contributed by atoms with Crippen molar-refractivity contribution in [2.45, 2.75) is 38.5 Å². The zero-order chi connectivity index (χ0) is 12.8. The molecule has 1 amide bonds. The lowest BCUT2D eigenvalue weighted by Crippen LogP contribution is -2.26. The van der Waals surface area contributed by atoms with Crippen molar-refractivity contribution in [3.8, 4) is 0 Å². The van der Waals surface area contributed by atoms with Gasteiger partial charge in [0.2, 0.25) is 5.91 Å². The van der Waals surface area contributed by atoms with E-state index in [2.05, 4.69) is 20.6 Å². The molecule has 1 aliphatic carbocycles. The fourth-order valence-electron chi connectivity index (χ4n) is 1.67. The van der Waals surface area contributed by atoms with Gasteiger partial charge in [-0.15, -0.1) is 0 Å². The molecule has 98 valence electrons. The number of anilines is 1. The fraction of sp³-hybridized carbons (Fsp3) is 0.615. The fourth-order valence-corrected chi connectivity index (χ4v) is 1.67. The number of nitrogens with zero attached hydrogens (tertiary/aromatic N) is 2. The van der Waals surface area contributed by atoms with Gasteiger partial charge < -0.3 is 10.6 Å². The lowest BCUT2D eigenvalue weighted by atomic mass is 10.3. The maximum atomic E-state index is 11.4. The van der Waals surface area contributed by atoms with Crippen molar-refractivity contribution < 1.29 is 4.79 Å². The highest BCUT2D eigenvalue weighted by Crippen LogP contribution is 2.37. The Morgan fingerprint density at radius 2 is 2.28 bits per heavy atom. The van der Waals surface area contributed by atoms with Crippen LogP contribution >= 0.6 is 0 Å². The molecule has 0 aromatic carbocycles. The van der Waals surface area contributed by atoms with E-state index in [0.717, 1.165) is 24.6 Å². The van der Waals surface area contributed by atoms with Crippen molar-refractivity contribution in [1.29, 1.82) is 0 Å². The Morgan fingerprint density at radius 3 is 3.00 bits per heavy atom. The van der Waals surface area contributed by atoms with Crippen LogP contribution < -0.4 is 10.6 Å². The van der Waals surface area contributed by atoms with Gasteiger partial charge in [0, 0.05) is 31.6 Å². The van der Waals surface area contributed by atoms with E-state index in [0.29, 0.717) is 18.9 Å².